The molecule has 0 bridgehead atoms. The van der Waals surface area contributed by atoms with Crippen LogP contribution in [0.5, 0.6) is 0 Å². The number of nitrogens with one attached hydrogen (secondary N) is 1. The number of rotatable bonds is 2. The lowest BCUT2D eigenvalue weighted by Gasteiger charge is -2.07. The van der Waals surface area contributed by atoms with Gasteiger partial charge in [-0.3, -0.25) is 4.79 Å². The Kier molecular flexibility index (Phi) is 2.62. The second-order valence-corrected chi connectivity index (χ2v) is 2.42. The van der Waals surface area contributed by atoms with E-state index in [1.807, 2.05) is 0 Å². The summed E-state index contributed by atoms with van der Waals surface area (Å²) in [5, 5.41) is 8.66. The number of hydrogen-bond donors (Lipinski definition) is 3. The quantitative estimate of drug-likeness (QED) is 0.631. The highest BCUT2D eigenvalue weighted by molar-refractivity contribution is 5.48. The van der Waals surface area contributed by atoms with Crippen molar-refractivity contribution in [3.05, 3.63) is 27.7 Å². The summed E-state index contributed by atoms with van der Waals surface area (Å²) < 4.78 is 24.6. The summed E-state index contributed by atoms with van der Waals surface area (Å²) in [6.07, 6.45) is -1.87. The molecule has 0 aliphatic carbocycles. The molecule has 4 nitrogen and oxygen atoms in total. The SMILES string of the molecule is Nc1c[nH]c(=O)c(CO)c1C(F)F. The van der Waals surface area contributed by atoms with E-state index in [-0.39, 0.29) is 11.3 Å². The third kappa shape index (κ3) is 1.67. The standard InChI is InChI=1S/C7H8F2N2O2/c8-6(9)5-3(2-12)7(13)11-1-4(5)10/h1,6,12H,2,10H2,(H,11,13). The van der Waals surface area contributed by atoms with Gasteiger partial charge >= 0.3 is 0 Å². The average molecular weight is 190 g/mol. The van der Waals surface area contributed by atoms with E-state index in [0.717, 1.165) is 6.20 Å². The molecule has 0 radical (unpaired) electrons. The van der Waals surface area contributed by atoms with Gasteiger partial charge in [-0.25, -0.2) is 8.78 Å². The smallest absolute Gasteiger partial charge is 0.266 e. The number of alkyl halides is 2. The number of nitrogens with two attached hydrogens (primary N) is 1. The fourth-order valence-corrected chi connectivity index (χ4v) is 1.02. The van der Waals surface area contributed by atoms with Crippen LogP contribution in [-0.4, -0.2) is 10.1 Å². The third-order valence-corrected chi connectivity index (χ3v) is 1.65. The van der Waals surface area contributed by atoms with Gasteiger partial charge in [-0.05, 0) is 0 Å². The van der Waals surface area contributed by atoms with Gasteiger partial charge in [-0.1, -0.05) is 0 Å². The van der Waals surface area contributed by atoms with Crippen LogP contribution in [0.2, 0.25) is 0 Å². The van der Waals surface area contributed by atoms with Crippen LogP contribution in [0.15, 0.2) is 11.0 Å². The van der Waals surface area contributed by atoms with Crippen molar-refractivity contribution in [3.63, 3.8) is 0 Å². The summed E-state index contributed by atoms with van der Waals surface area (Å²) in [6.45, 7) is -0.750. The third-order valence-electron chi connectivity index (χ3n) is 1.65. The summed E-state index contributed by atoms with van der Waals surface area (Å²) in [5.41, 5.74) is 3.27. The minimum absolute atomic E-state index is 0.223. The molecule has 1 aromatic rings. The molecule has 0 saturated heterocycles. The minimum atomic E-state index is -2.86. The molecule has 1 rings (SSSR count). The number of anilines is 1. The summed E-state index contributed by atoms with van der Waals surface area (Å²) in [6, 6.07) is 0. The number of pyridine rings is 1. The Bertz CT molecular complexity index is 362. The van der Waals surface area contributed by atoms with Crippen molar-refractivity contribution in [3.8, 4) is 0 Å². The topological polar surface area (TPSA) is 79.1 Å². The summed E-state index contributed by atoms with van der Waals surface area (Å²) in [5.74, 6) is 0. The predicted molar refractivity (Wildman–Crippen MR) is 42.4 cm³/mol. The van der Waals surface area contributed by atoms with Crippen LogP contribution in [-0.2, 0) is 6.61 Å². The van der Waals surface area contributed by atoms with Gasteiger partial charge < -0.3 is 15.8 Å². The van der Waals surface area contributed by atoms with Gasteiger partial charge in [0.15, 0.2) is 0 Å². The van der Waals surface area contributed by atoms with Gasteiger partial charge in [0, 0.05) is 6.20 Å². The van der Waals surface area contributed by atoms with Crippen LogP contribution in [0.25, 0.3) is 0 Å². The lowest BCUT2D eigenvalue weighted by Crippen LogP contribution is -2.17. The number of aromatic amines is 1. The first-order chi connectivity index (χ1) is 6.07. The molecule has 0 aliphatic heterocycles. The van der Waals surface area contributed by atoms with E-state index >= 15 is 0 Å². The maximum absolute atomic E-state index is 12.3. The fraction of sp³-hybridized carbons (Fsp3) is 0.286. The lowest BCUT2D eigenvalue weighted by molar-refractivity contribution is 0.147. The Hall–Kier alpha value is -1.43. The van der Waals surface area contributed by atoms with E-state index in [0.29, 0.717) is 0 Å². The maximum atomic E-state index is 12.3. The highest BCUT2D eigenvalue weighted by atomic mass is 19.3. The van der Waals surface area contributed by atoms with Gasteiger partial charge in [0.1, 0.15) is 0 Å². The zero-order valence-corrected chi connectivity index (χ0v) is 6.55. The first kappa shape index (κ1) is 9.66. The normalized spacial score (nSPS) is 10.8. The van der Waals surface area contributed by atoms with E-state index in [9.17, 15) is 13.6 Å². The van der Waals surface area contributed by atoms with Crippen molar-refractivity contribution in [2.75, 3.05) is 5.73 Å². The fourth-order valence-electron chi connectivity index (χ4n) is 1.02. The van der Waals surface area contributed by atoms with Crippen molar-refractivity contribution in [2.45, 2.75) is 13.0 Å². The number of halogens is 2. The second kappa shape index (κ2) is 3.53. The Morgan fingerprint density at radius 3 is 2.62 bits per heavy atom. The molecular weight excluding hydrogens is 182 g/mol. The predicted octanol–water partition coefficient (Wildman–Crippen LogP) is 0.387. The number of aromatic nitrogens is 1. The molecule has 0 unspecified atom stereocenters. The first-order valence-electron chi connectivity index (χ1n) is 3.47. The number of aliphatic hydroxyl groups is 1. The minimum Gasteiger partial charge on any atom is -0.397 e. The number of hydrogen-bond acceptors (Lipinski definition) is 3. The zero-order valence-electron chi connectivity index (χ0n) is 6.55. The molecule has 6 heteroatoms. The van der Waals surface area contributed by atoms with Crippen molar-refractivity contribution < 1.29 is 13.9 Å². The number of H-pyrrole nitrogens is 1. The molecule has 0 saturated carbocycles. The lowest BCUT2D eigenvalue weighted by atomic mass is 10.1. The van der Waals surface area contributed by atoms with Crippen molar-refractivity contribution in [1.29, 1.82) is 0 Å². The van der Waals surface area contributed by atoms with E-state index in [4.69, 9.17) is 10.8 Å². The molecule has 4 N–H and O–H groups in total. The second-order valence-electron chi connectivity index (χ2n) is 2.42. The van der Waals surface area contributed by atoms with E-state index in [2.05, 4.69) is 4.98 Å². The molecule has 0 atom stereocenters. The molecule has 1 heterocycles. The van der Waals surface area contributed by atoms with E-state index < -0.39 is 24.2 Å². The average Bonchev–Trinajstić information content (AvgIpc) is 2.07. The molecule has 1 aromatic heterocycles. The summed E-state index contributed by atoms with van der Waals surface area (Å²) in [7, 11) is 0. The van der Waals surface area contributed by atoms with Gasteiger partial charge in [0.2, 0.25) is 0 Å². The Labute approximate surface area is 72.0 Å². The summed E-state index contributed by atoms with van der Waals surface area (Å²) in [4.78, 5) is 13.1. The highest BCUT2D eigenvalue weighted by Crippen LogP contribution is 2.25. The molecule has 0 fully saturated rings. The maximum Gasteiger partial charge on any atom is 0.266 e. The van der Waals surface area contributed by atoms with Crippen molar-refractivity contribution in [2.24, 2.45) is 0 Å². The van der Waals surface area contributed by atoms with E-state index in [1.165, 1.54) is 0 Å². The van der Waals surface area contributed by atoms with Crippen LogP contribution in [0, 0.1) is 0 Å². The van der Waals surface area contributed by atoms with Gasteiger partial charge in [0.25, 0.3) is 12.0 Å². The molecule has 0 aliphatic rings. The first-order valence-corrected chi connectivity index (χ1v) is 3.47. The molecule has 13 heavy (non-hydrogen) atoms. The largest absolute Gasteiger partial charge is 0.397 e. The van der Waals surface area contributed by atoms with Crippen LogP contribution in [0.1, 0.15) is 17.6 Å². The van der Waals surface area contributed by atoms with Crippen LogP contribution in [0.4, 0.5) is 14.5 Å². The summed E-state index contributed by atoms with van der Waals surface area (Å²) >= 11 is 0. The molecule has 0 aromatic carbocycles. The van der Waals surface area contributed by atoms with Crippen molar-refractivity contribution >= 4 is 5.69 Å². The van der Waals surface area contributed by atoms with Gasteiger partial charge in [-0.2, -0.15) is 0 Å². The van der Waals surface area contributed by atoms with E-state index in [1.54, 1.807) is 0 Å². The Morgan fingerprint density at radius 1 is 1.62 bits per heavy atom. The van der Waals surface area contributed by atoms with Crippen LogP contribution < -0.4 is 11.3 Å². The Balaban J connectivity index is 3.44. The van der Waals surface area contributed by atoms with Crippen LogP contribution >= 0.6 is 0 Å². The molecule has 0 spiro atoms. The molecule has 72 valence electrons. The van der Waals surface area contributed by atoms with Crippen LogP contribution in [0.3, 0.4) is 0 Å². The molecule has 0 amide bonds. The van der Waals surface area contributed by atoms with Gasteiger partial charge in [-0.15, -0.1) is 0 Å². The van der Waals surface area contributed by atoms with Crippen molar-refractivity contribution in [1.82, 2.24) is 4.98 Å². The Morgan fingerprint density at radius 2 is 2.23 bits per heavy atom. The highest BCUT2D eigenvalue weighted by Gasteiger charge is 2.18. The molecular formula is C7H8F2N2O2. The number of aliphatic hydroxyl groups excluding tert-OH is 1. The number of nitrogen functional groups attached to an aromatic ring is 1. The zero-order chi connectivity index (χ0) is 10.0. The van der Waals surface area contributed by atoms with Gasteiger partial charge in [0.05, 0.1) is 23.4 Å². The monoisotopic (exact) mass is 190 g/mol.